The molecule has 2 aromatic carbocycles. The van der Waals surface area contributed by atoms with Crippen LogP contribution in [0.3, 0.4) is 0 Å². The average Bonchev–Trinajstić information content (AvgIpc) is 2.66. The van der Waals surface area contributed by atoms with Crippen molar-refractivity contribution in [1.29, 1.82) is 0 Å². The van der Waals surface area contributed by atoms with Crippen molar-refractivity contribution in [2.75, 3.05) is 18.1 Å². The number of halogens is 1. The van der Waals surface area contributed by atoms with Crippen LogP contribution in [0.1, 0.15) is 17.5 Å². The number of carbonyl (C=O) groups is 1. The van der Waals surface area contributed by atoms with Gasteiger partial charge in [-0.15, -0.1) is 0 Å². The van der Waals surface area contributed by atoms with E-state index in [4.69, 9.17) is 20.8 Å². The number of hydrogen-bond acceptors (Lipinski definition) is 4. The van der Waals surface area contributed by atoms with Crippen molar-refractivity contribution in [3.8, 4) is 5.75 Å². The number of nitrogens with zero attached hydrogens (tertiary/aromatic N) is 1. The molecular weight excluding hydrogens is 366 g/mol. The van der Waals surface area contributed by atoms with Crippen LogP contribution in [0.15, 0.2) is 51.7 Å². The lowest BCUT2D eigenvalue weighted by Crippen LogP contribution is -2.38. The maximum absolute atomic E-state index is 12.7. The van der Waals surface area contributed by atoms with E-state index in [2.05, 4.69) is 0 Å². The molecule has 1 aromatic heterocycles. The fraction of sp³-hybridized carbons (Fsp3) is 0.238. The fourth-order valence-corrected chi connectivity index (χ4v) is 3.66. The first-order chi connectivity index (χ1) is 13.0. The standard InChI is InChI=1S/C21H18ClNO4/c1-13-9-21(25)27-18-11-19(16(22)10-15(13)18)26-12-20(24)23-8-4-6-14-5-2-3-7-17(14)23/h2-3,5,7,9-11H,4,6,8,12H2,1H3. The number of ether oxygens (including phenoxy) is 1. The van der Waals surface area contributed by atoms with Crippen LogP contribution in [0.25, 0.3) is 11.0 Å². The highest BCUT2D eigenvalue weighted by Crippen LogP contribution is 2.31. The quantitative estimate of drug-likeness (QED) is 0.638. The predicted octanol–water partition coefficient (Wildman–Crippen LogP) is 4.11. The Balaban J connectivity index is 1.56. The van der Waals surface area contributed by atoms with Crippen LogP contribution in [0.5, 0.6) is 5.75 Å². The number of anilines is 1. The second-order valence-electron chi connectivity index (χ2n) is 6.59. The van der Waals surface area contributed by atoms with Gasteiger partial charge < -0.3 is 14.1 Å². The van der Waals surface area contributed by atoms with Gasteiger partial charge in [0.2, 0.25) is 0 Å². The molecule has 0 spiro atoms. The number of amides is 1. The van der Waals surface area contributed by atoms with E-state index in [1.165, 1.54) is 6.07 Å². The molecule has 0 atom stereocenters. The van der Waals surface area contributed by atoms with Gasteiger partial charge >= 0.3 is 5.63 Å². The SMILES string of the molecule is Cc1cc(=O)oc2cc(OCC(=O)N3CCCc4ccccc43)c(Cl)cc12. The van der Waals surface area contributed by atoms with Gasteiger partial charge in [0.25, 0.3) is 5.91 Å². The minimum atomic E-state index is -0.436. The molecule has 0 aliphatic carbocycles. The van der Waals surface area contributed by atoms with Gasteiger partial charge in [-0.05, 0) is 43.0 Å². The molecule has 27 heavy (non-hydrogen) atoms. The van der Waals surface area contributed by atoms with Gasteiger partial charge in [-0.25, -0.2) is 4.79 Å². The van der Waals surface area contributed by atoms with E-state index in [0.29, 0.717) is 22.9 Å². The van der Waals surface area contributed by atoms with Gasteiger partial charge in [0.15, 0.2) is 6.61 Å². The monoisotopic (exact) mass is 383 g/mol. The number of benzene rings is 2. The first kappa shape index (κ1) is 17.6. The highest BCUT2D eigenvalue weighted by atomic mass is 35.5. The Bertz CT molecular complexity index is 1090. The molecule has 6 heteroatoms. The van der Waals surface area contributed by atoms with E-state index in [-0.39, 0.29) is 12.5 Å². The van der Waals surface area contributed by atoms with Crippen LogP contribution in [0.2, 0.25) is 5.02 Å². The molecule has 0 unspecified atom stereocenters. The van der Waals surface area contributed by atoms with Crippen LogP contribution in [0, 0.1) is 6.92 Å². The van der Waals surface area contributed by atoms with Crippen molar-refractivity contribution in [3.05, 3.63) is 69.0 Å². The van der Waals surface area contributed by atoms with Gasteiger partial charge in [-0.1, -0.05) is 29.8 Å². The molecule has 0 radical (unpaired) electrons. The lowest BCUT2D eigenvalue weighted by molar-refractivity contribution is -0.120. The number of fused-ring (bicyclic) bond motifs is 2. The predicted molar refractivity (Wildman–Crippen MR) is 105 cm³/mol. The molecule has 0 bridgehead atoms. The third-order valence-corrected chi connectivity index (χ3v) is 5.06. The van der Waals surface area contributed by atoms with Crippen molar-refractivity contribution in [1.82, 2.24) is 0 Å². The number of rotatable bonds is 3. The minimum Gasteiger partial charge on any atom is -0.482 e. The molecule has 1 aliphatic heterocycles. The lowest BCUT2D eigenvalue weighted by Gasteiger charge is -2.29. The molecule has 0 saturated carbocycles. The minimum absolute atomic E-state index is 0.135. The van der Waals surface area contributed by atoms with E-state index >= 15 is 0 Å². The zero-order valence-corrected chi connectivity index (χ0v) is 15.6. The van der Waals surface area contributed by atoms with Crippen LogP contribution >= 0.6 is 11.6 Å². The Morgan fingerprint density at radius 1 is 1.26 bits per heavy atom. The molecule has 5 nitrogen and oxygen atoms in total. The van der Waals surface area contributed by atoms with Crippen LogP contribution < -0.4 is 15.3 Å². The molecule has 3 aromatic rings. The van der Waals surface area contributed by atoms with Crippen LogP contribution in [0.4, 0.5) is 5.69 Å². The van der Waals surface area contributed by atoms with E-state index in [1.54, 1.807) is 17.0 Å². The van der Waals surface area contributed by atoms with Gasteiger partial charge in [-0.3, -0.25) is 4.79 Å². The largest absolute Gasteiger partial charge is 0.482 e. The number of aryl methyl sites for hydroxylation is 2. The van der Waals surface area contributed by atoms with E-state index in [1.807, 2.05) is 31.2 Å². The molecule has 1 aliphatic rings. The molecule has 0 fully saturated rings. The summed E-state index contributed by atoms with van der Waals surface area (Å²) in [5, 5.41) is 1.11. The highest BCUT2D eigenvalue weighted by molar-refractivity contribution is 6.32. The third-order valence-electron chi connectivity index (χ3n) is 4.77. The Kier molecular flexibility index (Phi) is 4.62. The second-order valence-corrected chi connectivity index (χ2v) is 7.00. The Morgan fingerprint density at radius 2 is 2.07 bits per heavy atom. The molecule has 2 heterocycles. The first-order valence-electron chi connectivity index (χ1n) is 8.78. The maximum Gasteiger partial charge on any atom is 0.336 e. The fourth-order valence-electron chi connectivity index (χ4n) is 3.44. The molecule has 0 saturated heterocycles. The third kappa shape index (κ3) is 3.43. The van der Waals surface area contributed by atoms with Crippen molar-refractivity contribution < 1.29 is 13.9 Å². The maximum atomic E-state index is 12.7. The smallest absolute Gasteiger partial charge is 0.336 e. The summed E-state index contributed by atoms with van der Waals surface area (Å²) in [5.74, 6) is 0.181. The van der Waals surface area contributed by atoms with Gasteiger partial charge in [0.05, 0.1) is 5.02 Å². The summed E-state index contributed by atoms with van der Waals surface area (Å²) in [6, 6.07) is 12.6. The van der Waals surface area contributed by atoms with Crippen molar-refractivity contribution in [3.63, 3.8) is 0 Å². The van der Waals surface area contributed by atoms with E-state index in [0.717, 1.165) is 35.0 Å². The number of hydrogen-bond donors (Lipinski definition) is 0. The number of carbonyl (C=O) groups excluding carboxylic acids is 1. The molecule has 4 rings (SSSR count). The summed E-state index contributed by atoms with van der Waals surface area (Å²) in [6.07, 6.45) is 1.89. The van der Waals surface area contributed by atoms with Gasteiger partial charge in [0, 0.05) is 29.8 Å². The second kappa shape index (κ2) is 7.08. The normalized spacial score (nSPS) is 13.5. The van der Waals surface area contributed by atoms with E-state index in [9.17, 15) is 9.59 Å². The molecule has 1 amide bonds. The summed E-state index contributed by atoms with van der Waals surface area (Å²) < 4.78 is 10.9. The van der Waals surface area contributed by atoms with Gasteiger partial charge in [-0.2, -0.15) is 0 Å². The zero-order valence-electron chi connectivity index (χ0n) is 14.8. The Hall–Kier alpha value is -2.79. The first-order valence-corrected chi connectivity index (χ1v) is 9.16. The average molecular weight is 384 g/mol. The van der Waals surface area contributed by atoms with Gasteiger partial charge in [0.1, 0.15) is 11.3 Å². The summed E-state index contributed by atoms with van der Waals surface area (Å²) in [7, 11) is 0. The highest BCUT2D eigenvalue weighted by Gasteiger charge is 2.22. The summed E-state index contributed by atoms with van der Waals surface area (Å²) >= 11 is 6.30. The van der Waals surface area contributed by atoms with Crippen LogP contribution in [-0.2, 0) is 11.2 Å². The topological polar surface area (TPSA) is 59.8 Å². The van der Waals surface area contributed by atoms with Crippen molar-refractivity contribution in [2.24, 2.45) is 0 Å². The summed E-state index contributed by atoms with van der Waals surface area (Å²) in [4.78, 5) is 26.0. The molecule has 0 N–H and O–H groups in total. The summed E-state index contributed by atoms with van der Waals surface area (Å²) in [5.41, 5.74) is 2.82. The number of para-hydroxylation sites is 1. The van der Waals surface area contributed by atoms with Crippen molar-refractivity contribution >= 4 is 34.2 Å². The Labute approximate surface area is 161 Å². The zero-order chi connectivity index (χ0) is 19.0. The summed E-state index contributed by atoms with van der Waals surface area (Å²) in [6.45, 7) is 2.34. The molecular formula is C21H18ClNO4. The van der Waals surface area contributed by atoms with Crippen molar-refractivity contribution in [2.45, 2.75) is 19.8 Å². The molecule has 138 valence electrons. The van der Waals surface area contributed by atoms with E-state index < -0.39 is 5.63 Å². The lowest BCUT2D eigenvalue weighted by atomic mass is 10.0. The Morgan fingerprint density at radius 3 is 2.93 bits per heavy atom. The van der Waals surface area contributed by atoms with Crippen LogP contribution in [-0.4, -0.2) is 19.1 Å².